The highest BCUT2D eigenvalue weighted by atomic mass is 16.2. The summed E-state index contributed by atoms with van der Waals surface area (Å²) >= 11 is 0. The van der Waals surface area contributed by atoms with Gasteiger partial charge >= 0.3 is 6.03 Å². The number of benzene rings is 2. The Kier molecular flexibility index (Phi) is 6.36. The summed E-state index contributed by atoms with van der Waals surface area (Å²) in [6, 6.07) is 20.1. The molecule has 0 unspecified atom stereocenters. The van der Waals surface area contributed by atoms with E-state index in [1.165, 1.54) is 0 Å². The van der Waals surface area contributed by atoms with Gasteiger partial charge in [0, 0.05) is 43.8 Å². The van der Waals surface area contributed by atoms with Crippen LogP contribution < -0.4 is 10.6 Å². The molecule has 2 N–H and O–H groups in total. The van der Waals surface area contributed by atoms with E-state index < -0.39 is 0 Å². The van der Waals surface area contributed by atoms with Crippen LogP contribution in [0.25, 0.3) is 0 Å². The minimum Gasteiger partial charge on any atom is -0.337 e. The Morgan fingerprint density at radius 2 is 1.57 bits per heavy atom. The summed E-state index contributed by atoms with van der Waals surface area (Å²) in [4.78, 5) is 30.2. The van der Waals surface area contributed by atoms with Crippen molar-refractivity contribution >= 4 is 17.6 Å². The molecule has 1 aromatic heterocycles. The van der Waals surface area contributed by atoms with Crippen molar-refractivity contribution in [3.8, 4) is 0 Å². The lowest BCUT2D eigenvalue weighted by Crippen LogP contribution is -2.28. The number of nitrogens with one attached hydrogen (secondary N) is 2. The average molecular weight is 374 g/mol. The van der Waals surface area contributed by atoms with E-state index in [1.807, 2.05) is 42.5 Å². The molecule has 0 radical (unpaired) electrons. The van der Waals surface area contributed by atoms with Gasteiger partial charge in [-0.3, -0.25) is 9.78 Å². The number of anilines is 1. The Morgan fingerprint density at radius 3 is 2.25 bits per heavy atom. The van der Waals surface area contributed by atoms with Crippen molar-refractivity contribution in [2.45, 2.75) is 13.1 Å². The molecule has 6 nitrogen and oxygen atoms in total. The quantitative estimate of drug-likeness (QED) is 0.691. The van der Waals surface area contributed by atoms with E-state index in [0.29, 0.717) is 24.3 Å². The SMILES string of the molecule is CN(Cc1ccccc1)C(=O)c1ccc(NC(=O)NCc2ccncc2)cc1. The van der Waals surface area contributed by atoms with Crippen molar-refractivity contribution in [2.24, 2.45) is 0 Å². The number of pyridine rings is 1. The maximum atomic E-state index is 12.6. The molecule has 1 heterocycles. The number of urea groups is 1. The fraction of sp³-hybridized carbons (Fsp3) is 0.136. The van der Waals surface area contributed by atoms with Crippen LogP contribution in [0.1, 0.15) is 21.5 Å². The van der Waals surface area contributed by atoms with Crippen molar-refractivity contribution in [2.75, 3.05) is 12.4 Å². The van der Waals surface area contributed by atoms with Gasteiger partial charge in [-0.25, -0.2) is 4.79 Å². The minimum atomic E-state index is -0.308. The van der Waals surface area contributed by atoms with Gasteiger partial charge in [0.15, 0.2) is 0 Å². The summed E-state index contributed by atoms with van der Waals surface area (Å²) in [5, 5.41) is 5.53. The van der Waals surface area contributed by atoms with E-state index in [-0.39, 0.29) is 11.9 Å². The highest BCUT2D eigenvalue weighted by Crippen LogP contribution is 2.13. The van der Waals surface area contributed by atoms with Crippen molar-refractivity contribution < 1.29 is 9.59 Å². The molecule has 0 aliphatic heterocycles. The van der Waals surface area contributed by atoms with E-state index >= 15 is 0 Å². The van der Waals surface area contributed by atoms with Gasteiger partial charge in [0.05, 0.1) is 0 Å². The number of hydrogen-bond acceptors (Lipinski definition) is 3. The van der Waals surface area contributed by atoms with Crippen molar-refractivity contribution in [3.05, 3.63) is 95.8 Å². The Balaban J connectivity index is 1.52. The molecule has 0 bridgehead atoms. The highest BCUT2D eigenvalue weighted by molar-refractivity contribution is 5.95. The van der Waals surface area contributed by atoms with E-state index in [4.69, 9.17) is 0 Å². The molecule has 0 atom stereocenters. The van der Waals surface area contributed by atoms with Gasteiger partial charge in [0.1, 0.15) is 0 Å². The average Bonchev–Trinajstić information content (AvgIpc) is 2.74. The minimum absolute atomic E-state index is 0.0717. The first-order chi connectivity index (χ1) is 13.6. The number of amides is 3. The molecule has 3 rings (SSSR count). The number of hydrogen-bond donors (Lipinski definition) is 2. The first-order valence-corrected chi connectivity index (χ1v) is 8.95. The van der Waals surface area contributed by atoms with Gasteiger partial charge in [-0.05, 0) is 47.5 Å². The summed E-state index contributed by atoms with van der Waals surface area (Å²) in [5.74, 6) is -0.0717. The Bertz CT molecular complexity index is 912. The summed E-state index contributed by atoms with van der Waals surface area (Å²) in [7, 11) is 1.77. The lowest BCUT2D eigenvalue weighted by atomic mass is 10.1. The Morgan fingerprint density at radius 1 is 0.893 bits per heavy atom. The van der Waals surface area contributed by atoms with Crippen LogP contribution >= 0.6 is 0 Å². The summed E-state index contributed by atoms with van der Waals surface area (Å²) in [5.41, 5.74) is 3.23. The fourth-order valence-electron chi connectivity index (χ4n) is 2.70. The lowest BCUT2D eigenvalue weighted by molar-refractivity contribution is 0.0785. The molecular weight excluding hydrogens is 352 g/mol. The molecule has 0 aliphatic carbocycles. The second-order valence-corrected chi connectivity index (χ2v) is 6.39. The number of carbonyl (C=O) groups is 2. The third kappa shape index (κ3) is 5.41. The zero-order chi connectivity index (χ0) is 19.8. The molecule has 142 valence electrons. The molecule has 2 aromatic carbocycles. The molecule has 3 amide bonds. The maximum absolute atomic E-state index is 12.6. The predicted molar refractivity (Wildman–Crippen MR) is 109 cm³/mol. The van der Waals surface area contributed by atoms with Crippen LogP contribution in [-0.2, 0) is 13.1 Å². The lowest BCUT2D eigenvalue weighted by Gasteiger charge is -2.17. The van der Waals surface area contributed by atoms with Crippen LogP contribution in [0.5, 0.6) is 0 Å². The van der Waals surface area contributed by atoms with E-state index in [1.54, 1.807) is 48.6 Å². The van der Waals surface area contributed by atoms with Gasteiger partial charge in [-0.1, -0.05) is 30.3 Å². The maximum Gasteiger partial charge on any atom is 0.319 e. The van der Waals surface area contributed by atoms with Gasteiger partial charge in [-0.2, -0.15) is 0 Å². The highest BCUT2D eigenvalue weighted by Gasteiger charge is 2.12. The Hall–Kier alpha value is -3.67. The molecule has 0 aliphatic rings. The molecule has 6 heteroatoms. The summed E-state index contributed by atoms with van der Waals surface area (Å²) in [6.45, 7) is 0.951. The number of carbonyl (C=O) groups excluding carboxylic acids is 2. The van der Waals surface area contributed by atoms with Crippen LogP contribution in [0, 0.1) is 0 Å². The molecule has 28 heavy (non-hydrogen) atoms. The standard InChI is InChI=1S/C22H22N4O2/c1-26(16-18-5-3-2-4-6-18)21(27)19-7-9-20(10-8-19)25-22(28)24-15-17-11-13-23-14-12-17/h2-14H,15-16H2,1H3,(H2,24,25,28). The fourth-order valence-corrected chi connectivity index (χ4v) is 2.70. The van der Waals surface area contributed by atoms with Crippen molar-refractivity contribution in [1.29, 1.82) is 0 Å². The third-order valence-electron chi connectivity index (χ3n) is 4.20. The van der Waals surface area contributed by atoms with Crippen LogP contribution in [-0.4, -0.2) is 28.9 Å². The third-order valence-corrected chi connectivity index (χ3v) is 4.20. The molecule has 0 saturated heterocycles. The zero-order valence-corrected chi connectivity index (χ0v) is 15.6. The number of nitrogens with zero attached hydrogens (tertiary/aromatic N) is 2. The number of aromatic nitrogens is 1. The summed E-state index contributed by atoms with van der Waals surface area (Å²) in [6.07, 6.45) is 3.36. The van der Waals surface area contributed by atoms with Crippen molar-refractivity contribution in [3.63, 3.8) is 0 Å². The van der Waals surface area contributed by atoms with Crippen LogP contribution in [0.3, 0.4) is 0 Å². The van der Waals surface area contributed by atoms with E-state index in [0.717, 1.165) is 11.1 Å². The molecule has 0 fully saturated rings. The van der Waals surface area contributed by atoms with Gasteiger partial charge in [0.2, 0.25) is 0 Å². The second-order valence-electron chi connectivity index (χ2n) is 6.39. The number of rotatable bonds is 6. The normalized spacial score (nSPS) is 10.2. The van der Waals surface area contributed by atoms with Crippen LogP contribution in [0.4, 0.5) is 10.5 Å². The Labute approximate surface area is 164 Å². The molecular formula is C22H22N4O2. The van der Waals surface area contributed by atoms with Crippen LogP contribution in [0.2, 0.25) is 0 Å². The van der Waals surface area contributed by atoms with Gasteiger partial charge in [0.25, 0.3) is 5.91 Å². The monoisotopic (exact) mass is 374 g/mol. The van der Waals surface area contributed by atoms with Crippen LogP contribution in [0.15, 0.2) is 79.1 Å². The second kappa shape index (κ2) is 9.32. The molecule has 3 aromatic rings. The summed E-state index contributed by atoms with van der Waals surface area (Å²) < 4.78 is 0. The van der Waals surface area contributed by atoms with Crippen molar-refractivity contribution in [1.82, 2.24) is 15.2 Å². The first-order valence-electron chi connectivity index (χ1n) is 8.95. The van der Waals surface area contributed by atoms with Gasteiger partial charge < -0.3 is 15.5 Å². The first kappa shape index (κ1) is 19.1. The van der Waals surface area contributed by atoms with Gasteiger partial charge in [-0.15, -0.1) is 0 Å². The van der Waals surface area contributed by atoms with E-state index in [2.05, 4.69) is 15.6 Å². The van der Waals surface area contributed by atoms with E-state index in [9.17, 15) is 9.59 Å². The molecule has 0 saturated carbocycles. The smallest absolute Gasteiger partial charge is 0.319 e. The largest absolute Gasteiger partial charge is 0.337 e. The topological polar surface area (TPSA) is 74.3 Å². The molecule has 0 spiro atoms. The predicted octanol–water partition coefficient (Wildman–Crippen LogP) is 3.68. The zero-order valence-electron chi connectivity index (χ0n) is 15.6.